The maximum atomic E-state index is 13.3. The summed E-state index contributed by atoms with van der Waals surface area (Å²) in [5.41, 5.74) is 3.58. The minimum absolute atomic E-state index is 0.168. The molecule has 0 radical (unpaired) electrons. The maximum Gasteiger partial charge on any atom is 0.244 e. The number of aliphatic hydroxyl groups is 1. The second kappa shape index (κ2) is 8.04. The van der Waals surface area contributed by atoms with Crippen LogP contribution in [-0.2, 0) is 10.0 Å². The lowest BCUT2D eigenvalue weighted by molar-refractivity contribution is 0.0556. The molecule has 0 spiro atoms. The summed E-state index contributed by atoms with van der Waals surface area (Å²) in [6, 6.07) is 25.0. The van der Waals surface area contributed by atoms with E-state index >= 15 is 0 Å². The second-order valence-corrected chi connectivity index (χ2v) is 9.25. The first-order chi connectivity index (χ1) is 14.5. The molecule has 3 atom stereocenters. The van der Waals surface area contributed by atoms with Crippen molar-refractivity contribution in [3.05, 3.63) is 90.0 Å². The molecule has 0 aromatic heterocycles. The topological polar surface area (TPSA) is 81.4 Å². The third kappa shape index (κ3) is 3.31. The minimum Gasteiger partial charge on any atom is -0.395 e. The molecule has 3 aromatic carbocycles. The van der Waals surface area contributed by atoms with Crippen molar-refractivity contribution < 1.29 is 13.5 Å². The van der Waals surface area contributed by atoms with Gasteiger partial charge in [0.2, 0.25) is 10.0 Å². The summed E-state index contributed by atoms with van der Waals surface area (Å²) in [6.45, 7) is 1.37. The summed E-state index contributed by atoms with van der Waals surface area (Å²) in [6.07, 6.45) is 0. The first-order valence-corrected chi connectivity index (χ1v) is 11.2. The predicted octanol–water partition coefficient (Wildman–Crippen LogP) is 3.70. The van der Waals surface area contributed by atoms with Gasteiger partial charge in [0.05, 0.1) is 23.6 Å². The van der Waals surface area contributed by atoms with Gasteiger partial charge < -0.3 is 5.11 Å². The Kier molecular flexibility index (Phi) is 5.44. The molecular formula is C24H22N2O3S. The second-order valence-electron chi connectivity index (χ2n) is 7.44. The van der Waals surface area contributed by atoms with E-state index in [1.165, 1.54) is 6.07 Å². The van der Waals surface area contributed by atoms with Crippen LogP contribution in [0.1, 0.15) is 17.0 Å². The first-order valence-electron chi connectivity index (χ1n) is 9.74. The number of sulfonamides is 1. The van der Waals surface area contributed by atoms with E-state index in [1.54, 1.807) is 25.1 Å². The van der Waals surface area contributed by atoms with E-state index in [-0.39, 0.29) is 17.4 Å². The standard InChI is InChI=1S/C24H22N2O3S/c1-17-7-5-6-10-23(17)30(28,29)26-21(15-25)24(22(26)16-27)20-13-11-19(12-14-20)18-8-3-2-4-9-18/h2-14,21-22,24,27H,16H2,1H3/t21-,22+,24+/m1/s1. The Bertz CT molecular complexity index is 1190. The molecule has 5 nitrogen and oxygen atoms in total. The molecule has 0 unspecified atom stereocenters. The lowest BCUT2D eigenvalue weighted by Crippen LogP contribution is -2.65. The Morgan fingerprint density at radius 1 is 0.933 bits per heavy atom. The van der Waals surface area contributed by atoms with Gasteiger partial charge >= 0.3 is 0 Å². The van der Waals surface area contributed by atoms with Gasteiger partial charge in [0.25, 0.3) is 0 Å². The zero-order valence-electron chi connectivity index (χ0n) is 16.5. The highest BCUT2D eigenvalue weighted by molar-refractivity contribution is 7.89. The molecule has 6 heteroatoms. The summed E-state index contributed by atoms with van der Waals surface area (Å²) >= 11 is 0. The van der Waals surface area contributed by atoms with Crippen molar-refractivity contribution in [2.75, 3.05) is 6.61 Å². The molecule has 1 fully saturated rings. The van der Waals surface area contributed by atoms with Crippen molar-refractivity contribution >= 4 is 10.0 Å². The molecule has 1 saturated heterocycles. The van der Waals surface area contributed by atoms with Crippen LogP contribution in [0.5, 0.6) is 0 Å². The van der Waals surface area contributed by atoms with Crippen molar-refractivity contribution in [3.8, 4) is 17.2 Å². The van der Waals surface area contributed by atoms with Gasteiger partial charge in [-0.25, -0.2) is 8.42 Å². The highest BCUT2D eigenvalue weighted by Gasteiger charge is 2.55. The number of nitriles is 1. The number of aryl methyl sites for hydroxylation is 1. The third-order valence-electron chi connectivity index (χ3n) is 5.73. The zero-order chi connectivity index (χ0) is 21.3. The molecule has 1 aliphatic rings. The molecule has 0 bridgehead atoms. The molecule has 1 heterocycles. The van der Waals surface area contributed by atoms with E-state index < -0.39 is 22.1 Å². The fourth-order valence-corrected chi connectivity index (χ4v) is 6.17. The largest absolute Gasteiger partial charge is 0.395 e. The Balaban J connectivity index is 1.66. The van der Waals surface area contributed by atoms with E-state index in [0.717, 1.165) is 21.0 Å². The summed E-state index contributed by atoms with van der Waals surface area (Å²) in [4.78, 5) is 0.168. The summed E-state index contributed by atoms with van der Waals surface area (Å²) in [5.74, 6) is -0.386. The van der Waals surface area contributed by atoms with Gasteiger partial charge in [-0.15, -0.1) is 0 Å². The van der Waals surface area contributed by atoms with Crippen molar-refractivity contribution in [2.24, 2.45) is 0 Å². The van der Waals surface area contributed by atoms with Crippen LogP contribution in [0.25, 0.3) is 11.1 Å². The Morgan fingerprint density at radius 3 is 2.13 bits per heavy atom. The van der Waals surface area contributed by atoms with Gasteiger partial charge in [-0.3, -0.25) is 0 Å². The van der Waals surface area contributed by atoms with Gasteiger partial charge in [0.1, 0.15) is 6.04 Å². The summed E-state index contributed by atoms with van der Waals surface area (Å²) in [7, 11) is -3.90. The molecule has 0 aliphatic carbocycles. The van der Waals surface area contributed by atoms with E-state index in [2.05, 4.69) is 6.07 Å². The molecule has 0 amide bonds. The highest BCUT2D eigenvalue weighted by Crippen LogP contribution is 2.44. The van der Waals surface area contributed by atoms with Crippen molar-refractivity contribution in [2.45, 2.75) is 29.8 Å². The van der Waals surface area contributed by atoms with Crippen LogP contribution in [0.2, 0.25) is 0 Å². The summed E-state index contributed by atoms with van der Waals surface area (Å²) in [5, 5.41) is 19.8. The molecule has 3 aromatic rings. The normalized spacial score (nSPS) is 21.6. The average molecular weight is 419 g/mol. The van der Waals surface area contributed by atoms with Crippen LogP contribution < -0.4 is 0 Å². The number of benzene rings is 3. The predicted molar refractivity (Wildman–Crippen MR) is 115 cm³/mol. The van der Waals surface area contributed by atoms with Gasteiger partial charge in [0.15, 0.2) is 0 Å². The lowest BCUT2D eigenvalue weighted by atomic mass is 9.78. The van der Waals surface area contributed by atoms with Crippen LogP contribution in [0.4, 0.5) is 0 Å². The van der Waals surface area contributed by atoms with E-state index in [1.807, 2.05) is 54.6 Å². The zero-order valence-corrected chi connectivity index (χ0v) is 17.3. The fourth-order valence-electron chi connectivity index (χ4n) is 4.18. The molecule has 1 N–H and O–H groups in total. The average Bonchev–Trinajstić information content (AvgIpc) is 2.75. The third-order valence-corrected chi connectivity index (χ3v) is 7.79. The minimum atomic E-state index is -3.90. The monoisotopic (exact) mass is 418 g/mol. The number of aliphatic hydroxyl groups excluding tert-OH is 1. The Morgan fingerprint density at radius 2 is 1.53 bits per heavy atom. The number of hydrogen-bond acceptors (Lipinski definition) is 4. The maximum absolute atomic E-state index is 13.3. The van der Waals surface area contributed by atoms with Gasteiger partial charge in [-0.1, -0.05) is 72.8 Å². The van der Waals surface area contributed by atoms with Crippen LogP contribution >= 0.6 is 0 Å². The molecule has 152 valence electrons. The lowest BCUT2D eigenvalue weighted by Gasteiger charge is -2.50. The van der Waals surface area contributed by atoms with Gasteiger partial charge in [-0.2, -0.15) is 9.57 Å². The number of hydrogen-bond donors (Lipinski definition) is 1. The Labute approximate surface area is 176 Å². The first kappa shape index (κ1) is 20.3. The van der Waals surface area contributed by atoms with Crippen LogP contribution in [0, 0.1) is 18.3 Å². The Hall–Kier alpha value is -2.98. The smallest absolute Gasteiger partial charge is 0.244 e. The number of rotatable bonds is 5. The van der Waals surface area contributed by atoms with Gasteiger partial charge in [0, 0.05) is 5.92 Å². The van der Waals surface area contributed by atoms with E-state index in [9.17, 15) is 18.8 Å². The number of nitrogens with zero attached hydrogens (tertiary/aromatic N) is 2. The van der Waals surface area contributed by atoms with E-state index in [0.29, 0.717) is 5.56 Å². The van der Waals surface area contributed by atoms with Crippen molar-refractivity contribution in [1.82, 2.24) is 4.31 Å². The quantitative estimate of drug-likeness (QED) is 0.685. The highest BCUT2D eigenvalue weighted by atomic mass is 32.2. The molecule has 1 aliphatic heterocycles. The molecular weight excluding hydrogens is 396 g/mol. The molecule has 4 rings (SSSR count). The van der Waals surface area contributed by atoms with Crippen molar-refractivity contribution in [1.29, 1.82) is 5.26 Å². The van der Waals surface area contributed by atoms with Crippen LogP contribution in [0.3, 0.4) is 0 Å². The van der Waals surface area contributed by atoms with E-state index in [4.69, 9.17) is 0 Å². The van der Waals surface area contributed by atoms with Crippen LogP contribution in [0.15, 0.2) is 83.8 Å². The molecule has 0 saturated carbocycles. The summed E-state index contributed by atoms with van der Waals surface area (Å²) < 4.78 is 27.7. The van der Waals surface area contributed by atoms with Crippen LogP contribution in [-0.4, -0.2) is 36.5 Å². The van der Waals surface area contributed by atoms with Gasteiger partial charge in [-0.05, 0) is 35.2 Å². The SMILES string of the molecule is Cc1ccccc1S(=O)(=O)N1[C@H](C#N)[C@H](c2ccc(-c3ccccc3)cc2)[C@@H]1CO. The molecule has 30 heavy (non-hydrogen) atoms. The fraction of sp³-hybridized carbons (Fsp3) is 0.208. The van der Waals surface area contributed by atoms with Crippen molar-refractivity contribution in [3.63, 3.8) is 0 Å².